The number of carboxylic acid groups (broad SMARTS) is 1. The van der Waals surface area contributed by atoms with Crippen LogP contribution < -0.4 is 10.6 Å². The van der Waals surface area contributed by atoms with E-state index in [9.17, 15) is 32.7 Å². The number of nitrogens with one attached hydrogen (secondary N) is 2. The summed E-state index contributed by atoms with van der Waals surface area (Å²) in [5.74, 6) is -2.51. The van der Waals surface area contributed by atoms with Crippen LogP contribution in [0, 0.1) is 0 Å². The maximum atomic E-state index is 13.0. The molecule has 130 valence electrons. The zero-order valence-corrected chi connectivity index (χ0v) is 12.4. The van der Waals surface area contributed by atoms with E-state index in [4.69, 9.17) is 0 Å². The smallest absolute Gasteiger partial charge is 0.416 e. The van der Waals surface area contributed by atoms with Gasteiger partial charge in [0.15, 0.2) is 0 Å². The molecule has 1 fully saturated rings. The van der Waals surface area contributed by atoms with Crippen LogP contribution in [0.3, 0.4) is 0 Å². The van der Waals surface area contributed by atoms with Gasteiger partial charge in [-0.1, -0.05) is 18.2 Å². The van der Waals surface area contributed by atoms with Crippen molar-refractivity contribution < 1.29 is 32.7 Å². The van der Waals surface area contributed by atoms with Gasteiger partial charge in [-0.3, -0.25) is 9.59 Å². The number of carboxylic acids is 1. The third kappa shape index (κ3) is 4.24. The molecule has 6 nitrogen and oxygen atoms in total. The maximum absolute atomic E-state index is 13.0. The third-order valence-corrected chi connectivity index (χ3v) is 3.67. The summed E-state index contributed by atoms with van der Waals surface area (Å²) >= 11 is 0. The molecule has 0 aliphatic carbocycles. The first-order valence-corrected chi connectivity index (χ1v) is 7.16. The van der Waals surface area contributed by atoms with Crippen molar-refractivity contribution in [2.45, 2.75) is 37.5 Å². The molecule has 3 N–H and O–H groups in total. The summed E-state index contributed by atoms with van der Waals surface area (Å²) in [5, 5.41) is 13.7. The van der Waals surface area contributed by atoms with Crippen molar-refractivity contribution in [1.29, 1.82) is 0 Å². The molecule has 1 aromatic rings. The predicted molar refractivity (Wildman–Crippen MR) is 75.9 cm³/mol. The van der Waals surface area contributed by atoms with E-state index in [2.05, 4.69) is 10.6 Å². The molecule has 2 rings (SSSR count). The largest absolute Gasteiger partial charge is 0.480 e. The molecule has 1 aromatic carbocycles. The van der Waals surface area contributed by atoms with Crippen molar-refractivity contribution in [3.63, 3.8) is 0 Å². The zero-order chi connectivity index (χ0) is 17.9. The lowest BCUT2D eigenvalue weighted by molar-refractivity contribution is -0.143. The van der Waals surface area contributed by atoms with Crippen LogP contribution >= 0.6 is 0 Å². The second kappa shape index (κ2) is 6.90. The van der Waals surface area contributed by atoms with Gasteiger partial charge < -0.3 is 15.7 Å². The summed E-state index contributed by atoms with van der Waals surface area (Å²) in [6.07, 6.45) is -4.77. The second-order valence-electron chi connectivity index (χ2n) is 5.42. The van der Waals surface area contributed by atoms with Crippen LogP contribution in [-0.2, 0) is 27.0 Å². The van der Waals surface area contributed by atoms with E-state index in [0.717, 1.165) is 6.07 Å². The van der Waals surface area contributed by atoms with Gasteiger partial charge in [-0.25, -0.2) is 4.79 Å². The highest BCUT2D eigenvalue weighted by Gasteiger charge is 2.35. The van der Waals surface area contributed by atoms with Crippen LogP contribution in [0.2, 0.25) is 0 Å². The molecule has 1 heterocycles. The van der Waals surface area contributed by atoms with Crippen LogP contribution in [0.4, 0.5) is 13.2 Å². The molecular weight excluding hydrogens is 329 g/mol. The molecule has 1 aliphatic heterocycles. The molecule has 0 bridgehead atoms. The maximum Gasteiger partial charge on any atom is 0.416 e. The first-order chi connectivity index (χ1) is 11.2. The van der Waals surface area contributed by atoms with E-state index in [0.29, 0.717) is 0 Å². The third-order valence-electron chi connectivity index (χ3n) is 3.67. The monoisotopic (exact) mass is 344 g/mol. The summed E-state index contributed by atoms with van der Waals surface area (Å²) in [5.41, 5.74) is -1.17. The van der Waals surface area contributed by atoms with Gasteiger partial charge in [-0.15, -0.1) is 0 Å². The van der Waals surface area contributed by atoms with E-state index >= 15 is 0 Å². The normalized spacial score (nSPS) is 18.8. The van der Waals surface area contributed by atoms with Gasteiger partial charge >= 0.3 is 12.1 Å². The number of aliphatic carboxylic acids is 1. The van der Waals surface area contributed by atoms with Gasteiger partial charge in [0.25, 0.3) is 0 Å². The molecule has 0 radical (unpaired) electrons. The Morgan fingerprint density at radius 2 is 2.00 bits per heavy atom. The number of alkyl halides is 3. The number of amides is 2. The van der Waals surface area contributed by atoms with Crippen molar-refractivity contribution in [2.75, 3.05) is 0 Å². The van der Waals surface area contributed by atoms with Crippen molar-refractivity contribution in [3.05, 3.63) is 35.4 Å². The van der Waals surface area contributed by atoms with Gasteiger partial charge in [0.2, 0.25) is 11.8 Å². The number of rotatable bonds is 5. The second-order valence-corrected chi connectivity index (χ2v) is 5.42. The van der Waals surface area contributed by atoms with Gasteiger partial charge in [-0.05, 0) is 18.1 Å². The Labute approximate surface area is 135 Å². The van der Waals surface area contributed by atoms with Crippen molar-refractivity contribution >= 4 is 17.8 Å². The summed E-state index contributed by atoms with van der Waals surface area (Å²) in [6, 6.07) is 2.20. The van der Waals surface area contributed by atoms with E-state index in [-0.39, 0.29) is 24.3 Å². The topological polar surface area (TPSA) is 95.5 Å². The SMILES string of the molecule is O=C1CC[C@@H](C(=O)N[C@H](Cc2ccccc2C(F)(F)F)C(=O)O)N1. The van der Waals surface area contributed by atoms with Crippen LogP contribution in [0.1, 0.15) is 24.0 Å². The molecule has 0 unspecified atom stereocenters. The minimum atomic E-state index is -4.62. The van der Waals surface area contributed by atoms with Crippen LogP contribution in [0.15, 0.2) is 24.3 Å². The molecule has 9 heteroatoms. The predicted octanol–water partition coefficient (Wildman–Crippen LogP) is 1.10. The van der Waals surface area contributed by atoms with Crippen molar-refractivity contribution in [1.82, 2.24) is 10.6 Å². The quantitative estimate of drug-likeness (QED) is 0.745. The Balaban J connectivity index is 2.14. The molecule has 2 amide bonds. The molecule has 2 atom stereocenters. The average molecular weight is 344 g/mol. The first-order valence-electron chi connectivity index (χ1n) is 7.16. The molecule has 1 saturated heterocycles. The number of benzene rings is 1. The highest BCUT2D eigenvalue weighted by molar-refractivity contribution is 5.92. The van der Waals surface area contributed by atoms with E-state index in [1.807, 2.05) is 0 Å². The standard InChI is InChI=1S/C15H15F3N2O4/c16-15(17,18)9-4-2-1-3-8(9)7-11(14(23)24)20-13(22)10-5-6-12(21)19-10/h1-4,10-11H,5-7H2,(H,19,21)(H,20,22)(H,23,24)/t10-,11+/m0/s1. The van der Waals surface area contributed by atoms with Gasteiger partial charge in [0.1, 0.15) is 12.1 Å². The summed E-state index contributed by atoms with van der Waals surface area (Å²) < 4.78 is 38.9. The lowest BCUT2D eigenvalue weighted by atomic mass is 9.99. The van der Waals surface area contributed by atoms with E-state index in [1.54, 1.807) is 0 Å². The lowest BCUT2D eigenvalue weighted by Gasteiger charge is -2.19. The minimum Gasteiger partial charge on any atom is -0.480 e. The molecule has 0 aromatic heterocycles. The van der Waals surface area contributed by atoms with Gasteiger partial charge in [0.05, 0.1) is 5.56 Å². The van der Waals surface area contributed by atoms with Crippen LogP contribution in [-0.4, -0.2) is 35.0 Å². The fraction of sp³-hybridized carbons (Fsp3) is 0.400. The highest BCUT2D eigenvalue weighted by atomic mass is 19.4. The number of hydrogen-bond acceptors (Lipinski definition) is 3. The Hall–Kier alpha value is -2.58. The average Bonchev–Trinajstić information content (AvgIpc) is 2.92. The molecule has 1 aliphatic rings. The fourth-order valence-corrected chi connectivity index (χ4v) is 2.48. The molecule has 0 spiro atoms. The number of carbonyl (C=O) groups excluding carboxylic acids is 2. The fourth-order valence-electron chi connectivity index (χ4n) is 2.48. The zero-order valence-electron chi connectivity index (χ0n) is 12.4. The molecule has 24 heavy (non-hydrogen) atoms. The van der Waals surface area contributed by atoms with Crippen LogP contribution in [0.5, 0.6) is 0 Å². The van der Waals surface area contributed by atoms with Gasteiger partial charge in [-0.2, -0.15) is 13.2 Å². The Morgan fingerprint density at radius 3 is 2.54 bits per heavy atom. The number of halogens is 3. The van der Waals surface area contributed by atoms with E-state index < -0.39 is 42.1 Å². The Morgan fingerprint density at radius 1 is 1.33 bits per heavy atom. The number of hydrogen-bond donors (Lipinski definition) is 3. The van der Waals surface area contributed by atoms with Gasteiger partial charge in [0, 0.05) is 12.8 Å². The van der Waals surface area contributed by atoms with Crippen molar-refractivity contribution in [2.24, 2.45) is 0 Å². The number of carbonyl (C=O) groups is 3. The summed E-state index contributed by atoms with van der Waals surface area (Å²) in [4.78, 5) is 34.4. The van der Waals surface area contributed by atoms with E-state index in [1.165, 1.54) is 18.2 Å². The Kier molecular flexibility index (Phi) is 5.10. The molecule has 0 saturated carbocycles. The van der Waals surface area contributed by atoms with Crippen molar-refractivity contribution in [3.8, 4) is 0 Å². The summed E-state index contributed by atoms with van der Waals surface area (Å²) in [7, 11) is 0. The Bertz CT molecular complexity index is 660. The summed E-state index contributed by atoms with van der Waals surface area (Å²) in [6.45, 7) is 0. The molecular formula is C15H15F3N2O4. The highest BCUT2D eigenvalue weighted by Crippen LogP contribution is 2.32. The lowest BCUT2D eigenvalue weighted by Crippen LogP contribution is -2.49. The minimum absolute atomic E-state index is 0.146. The first kappa shape index (κ1) is 17.8. The van der Waals surface area contributed by atoms with Crippen LogP contribution in [0.25, 0.3) is 0 Å².